The summed E-state index contributed by atoms with van der Waals surface area (Å²) >= 11 is 0. The molecule has 6 nitrogen and oxygen atoms in total. The number of hydrogen-bond donors (Lipinski definition) is 2. The molecule has 122 valence electrons. The van der Waals surface area contributed by atoms with E-state index in [2.05, 4.69) is 16.9 Å². The van der Waals surface area contributed by atoms with Crippen LogP contribution in [0.3, 0.4) is 0 Å². The van der Waals surface area contributed by atoms with E-state index in [9.17, 15) is 4.79 Å². The van der Waals surface area contributed by atoms with Gasteiger partial charge in [0.2, 0.25) is 5.89 Å². The van der Waals surface area contributed by atoms with E-state index in [1.807, 2.05) is 32.0 Å². The van der Waals surface area contributed by atoms with Gasteiger partial charge in [0.25, 0.3) is 0 Å². The zero-order valence-electron chi connectivity index (χ0n) is 13.4. The summed E-state index contributed by atoms with van der Waals surface area (Å²) in [6.45, 7) is 7.89. The smallest absolute Gasteiger partial charge is 0.322 e. The lowest BCUT2D eigenvalue weighted by Gasteiger charge is -2.21. The molecular formula is C17H21N3O3. The molecule has 0 atom stereocenters. The maximum atomic E-state index is 12.3. The normalized spacial score (nSPS) is 10.4. The van der Waals surface area contributed by atoms with Gasteiger partial charge in [0, 0.05) is 24.3 Å². The standard InChI is InChI=1S/C17H21N3O3/c1-4-7-20(8-9-21)17(22)19-15-10-14(6-5-12(15)2)16-18-13(3)11-23-16/h4-6,10-11,21H,1,7-9H2,2-3H3,(H,19,22). The van der Waals surface area contributed by atoms with E-state index < -0.39 is 0 Å². The molecule has 0 aliphatic rings. The van der Waals surface area contributed by atoms with Crippen molar-refractivity contribution in [2.45, 2.75) is 13.8 Å². The largest absolute Gasteiger partial charge is 0.444 e. The van der Waals surface area contributed by atoms with Gasteiger partial charge >= 0.3 is 6.03 Å². The number of nitrogens with zero attached hydrogens (tertiary/aromatic N) is 2. The Morgan fingerprint density at radius 1 is 1.48 bits per heavy atom. The first kappa shape index (κ1) is 16.8. The van der Waals surface area contributed by atoms with Gasteiger partial charge in [0.15, 0.2) is 0 Å². The Balaban J connectivity index is 2.21. The molecule has 2 aromatic rings. The molecule has 0 spiro atoms. The number of urea groups is 1. The van der Waals surface area contributed by atoms with Gasteiger partial charge < -0.3 is 19.7 Å². The lowest BCUT2D eigenvalue weighted by molar-refractivity contribution is 0.195. The first-order valence-electron chi connectivity index (χ1n) is 7.36. The van der Waals surface area contributed by atoms with E-state index in [0.717, 1.165) is 16.8 Å². The summed E-state index contributed by atoms with van der Waals surface area (Å²) in [5.74, 6) is 0.510. The lowest BCUT2D eigenvalue weighted by atomic mass is 10.1. The lowest BCUT2D eigenvalue weighted by Crippen LogP contribution is -2.37. The molecule has 0 saturated carbocycles. The minimum atomic E-state index is -0.289. The van der Waals surface area contributed by atoms with Crippen molar-refractivity contribution in [3.63, 3.8) is 0 Å². The minimum Gasteiger partial charge on any atom is -0.444 e. The Bertz CT molecular complexity index is 694. The molecule has 0 fully saturated rings. The van der Waals surface area contributed by atoms with Crippen LogP contribution in [0.4, 0.5) is 10.5 Å². The van der Waals surface area contributed by atoms with Gasteiger partial charge in [-0.25, -0.2) is 9.78 Å². The third-order valence-corrected chi connectivity index (χ3v) is 3.35. The van der Waals surface area contributed by atoms with Crippen LogP contribution in [0.2, 0.25) is 0 Å². The third-order valence-electron chi connectivity index (χ3n) is 3.35. The number of hydrogen-bond acceptors (Lipinski definition) is 4. The molecule has 0 bridgehead atoms. The quantitative estimate of drug-likeness (QED) is 0.803. The molecule has 6 heteroatoms. The Kier molecular flexibility index (Phi) is 5.54. The summed E-state index contributed by atoms with van der Waals surface area (Å²) < 4.78 is 5.39. The Morgan fingerprint density at radius 3 is 2.87 bits per heavy atom. The van der Waals surface area contributed by atoms with Gasteiger partial charge in [-0.2, -0.15) is 0 Å². The molecule has 0 radical (unpaired) electrons. The second kappa shape index (κ2) is 7.60. The number of anilines is 1. The summed E-state index contributed by atoms with van der Waals surface area (Å²) in [5, 5.41) is 11.9. The van der Waals surface area contributed by atoms with E-state index in [-0.39, 0.29) is 19.2 Å². The Hall–Kier alpha value is -2.60. The molecule has 0 aliphatic heterocycles. The monoisotopic (exact) mass is 315 g/mol. The summed E-state index contributed by atoms with van der Waals surface area (Å²) in [7, 11) is 0. The van der Waals surface area contributed by atoms with E-state index in [1.54, 1.807) is 12.3 Å². The fraction of sp³-hybridized carbons (Fsp3) is 0.294. The number of carbonyl (C=O) groups excluding carboxylic acids is 1. The highest BCUT2D eigenvalue weighted by molar-refractivity contribution is 5.91. The van der Waals surface area contributed by atoms with Crippen LogP contribution < -0.4 is 5.32 Å². The number of aryl methyl sites for hydroxylation is 2. The predicted octanol–water partition coefficient (Wildman–Crippen LogP) is 2.97. The highest BCUT2D eigenvalue weighted by Gasteiger charge is 2.14. The third kappa shape index (κ3) is 4.20. The van der Waals surface area contributed by atoms with Crippen molar-refractivity contribution in [2.75, 3.05) is 25.0 Å². The molecule has 2 amide bonds. The van der Waals surface area contributed by atoms with Crippen molar-refractivity contribution >= 4 is 11.7 Å². The Labute approximate surface area is 135 Å². The second-order valence-electron chi connectivity index (χ2n) is 5.21. The minimum absolute atomic E-state index is 0.101. The van der Waals surface area contributed by atoms with Crippen molar-refractivity contribution in [1.29, 1.82) is 0 Å². The Morgan fingerprint density at radius 2 is 2.26 bits per heavy atom. The van der Waals surface area contributed by atoms with Crippen molar-refractivity contribution in [1.82, 2.24) is 9.88 Å². The van der Waals surface area contributed by atoms with Gasteiger partial charge in [0.05, 0.1) is 12.3 Å². The number of benzene rings is 1. The number of oxazole rings is 1. The first-order chi connectivity index (χ1) is 11.0. The van der Waals surface area contributed by atoms with Crippen molar-refractivity contribution in [2.24, 2.45) is 0 Å². The fourth-order valence-corrected chi connectivity index (χ4v) is 2.12. The number of aromatic nitrogens is 1. The average molecular weight is 315 g/mol. The van der Waals surface area contributed by atoms with Crippen LogP contribution in [-0.4, -0.2) is 40.7 Å². The number of aliphatic hydroxyl groups excluding tert-OH is 1. The summed E-state index contributed by atoms with van der Waals surface area (Å²) in [5.41, 5.74) is 3.19. The van der Waals surface area contributed by atoms with Gasteiger partial charge in [-0.15, -0.1) is 6.58 Å². The molecule has 2 N–H and O–H groups in total. The highest BCUT2D eigenvalue weighted by atomic mass is 16.3. The molecular weight excluding hydrogens is 294 g/mol. The van der Waals surface area contributed by atoms with Gasteiger partial charge in [-0.1, -0.05) is 12.1 Å². The van der Waals surface area contributed by atoms with E-state index in [4.69, 9.17) is 9.52 Å². The molecule has 0 saturated heterocycles. The van der Waals surface area contributed by atoms with Crippen LogP contribution in [0, 0.1) is 13.8 Å². The van der Waals surface area contributed by atoms with Crippen molar-refractivity contribution < 1.29 is 14.3 Å². The van der Waals surface area contributed by atoms with Crippen LogP contribution in [0.5, 0.6) is 0 Å². The van der Waals surface area contributed by atoms with E-state index in [0.29, 0.717) is 18.1 Å². The van der Waals surface area contributed by atoms with E-state index >= 15 is 0 Å². The average Bonchev–Trinajstić information content (AvgIpc) is 2.95. The highest BCUT2D eigenvalue weighted by Crippen LogP contribution is 2.25. The van der Waals surface area contributed by atoms with Crippen LogP contribution in [0.25, 0.3) is 11.5 Å². The van der Waals surface area contributed by atoms with Gasteiger partial charge in [-0.3, -0.25) is 0 Å². The van der Waals surface area contributed by atoms with Crippen LogP contribution in [0.1, 0.15) is 11.3 Å². The molecule has 1 heterocycles. The van der Waals surface area contributed by atoms with Crippen LogP contribution in [-0.2, 0) is 0 Å². The maximum Gasteiger partial charge on any atom is 0.322 e. The molecule has 1 aromatic carbocycles. The first-order valence-corrected chi connectivity index (χ1v) is 7.36. The topological polar surface area (TPSA) is 78.6 Å². The number of carbonyl (C=O) groups is 1. The molecule has 0 unspecified atom stereocenters. The van der Waals surface area contributed by atoms with E-state index in [1.165, 1.54) is 4.90 Å². The summed E-state index contributed by atoms with van der Waals surface area (Å²) in [6.07, 6.45) is 3.20. The number of nitrogens with one attached hydrogen (secondary N) is 1. The zero-order valence-corrected chi connectivity index (χ0v) is 13.4. The predicted molar refractivity (Wildman–Crippen MR) is 89.3 cm³/mol. The molecule has 1 aromatic heterocycles. The van der Waals surface area contributed by atoms with Crippen LogP contribution >= 0.6 is 0 Å². The maximum absolute atomic E-state index is 12.3. The number of aliphatic hydroxyl groups is 1. The summed E-state index contributed by atoms with van der Waals surface area (Å²) in [4.78, 5) is 18.1. The van der Waals surface area contributed by atoms with Crippen LogP contribution in [0.15, 0.2) is 41.5 Å². The molecule has 2 rings (SSSR count). The second-order valence-corrected chi connectivity index (χ2v) is 5.21. The summed E-state index contributed by atoms with van der Waals surface area (Å²) in [6, 6.07) is 5.33. The van der Waals surface area contributed by atoms with Crippen molar-refractivity contribution in [3.05, 3.63) is 48.4 Å². The fourth-order valence-electron chi connectivity index (χ4n) is 2.12. The van der Waals surface area contributed by atoms with Gasteiger partial charge in [0.1, 0.15) is 6.26 Å². The zero-order chi connectivity index (χ0) is 16.8. The molecule has 23 heavy (non-hydrogen) atoms. The number of rotatable bonds is 6. The molecule has 0 aliphatic carbocycles. The van der Waals surface area contributed by atoms with Gasteiger partial charge in [-0.05, 0) is 31.5 Å². The SMILES string of the molecule is C=CCN(CCO)C(=O)Nc1cc(-c2nc(C)co2)ccc1C. The number of amides is 2. The van der Waals surface area contributed by atoms with Crippen molar-refractivity contribution in [3.8, 4) is 11.5 Å².